The number of carbonyl (C=O) groups excluding carboxylic acids is 1. The predicted octanol–water partition coefficient (Wildman–Crippen LogP) is 1.83. The van der Waals surface area contributed by atoms with Crippen LogP contribution in [0.15, 0.2) is 24.0 Å². The monoisotopic (exact) mass is 152 g/mol. The number of carbonyl (C=O) groups is 1. The first-order chi connectivity index (χ1) is 5.33. The lowest BCUT2D eigenvalue weighted by molar-refractivity contribution is -0.115. The zero-order valence-electron chi connectivity index (χ0n) is 6.67. The molecule has 1 aliphatic carbocycles. The minimum atomic E-state index is 0.229. The molecule has 1 rings (SSSR count). The lowest BCUT2D eigenvalue weighted by Gasteiger charge is -2.06. The van der Waals surface area contributed by atoms with Crippen LogP contribution >= 0.6 is 0 Å². The highest BCUT2D eigenvalue weighted by atomic mass is 16.5. The molecular formula is C9H12O2. The van der Waals surface area contributed by atoms with Crippen molar-refractivity contribution in [1.82, 2.24) is 0 Å². The summed E-state index contributed by atoms with van der Waals surface area (Å²) in [6.07, 6.45) is 7.80. The number of rotatable bonds is 2. The molecule has 0 fully saturated rings. The largest absolute Gasteiger partial charge is 0.504 e. The molecular weight excluding hydrogens is 140 g/mol. The Balaban J connectivity index is 2.56. The van der Waals surface area contributed by atoms with Crippen molar-refractivity contribution in [3.8, 4) is 0 Å². The number of ketones is 1. The molecule has 0 unspecified atom stereocenters. The molecule has 0 N–H and O–H groups in total. The van der Waals surface area contributed by atoms with Gasteiger partial charge in [-0.2, -0.15) is 0 Å². The highest BCUT2D eigenvalue weighted by Gasteiger charge is 2.06. The molecule has 0 saturated carbocycles. The van der Waals surface area contributed by atoms with E-state index in [0.717, 1.165) is 18.4 Å². The Bertz CT molecular complexity index is 202. The van der Waals surface area contributed by atoms with Crippen LogP contribution in [0.3, 0.4) is 0 Å². The first-order valence-electron chi connectivity index (χ1n) is 3.75. The molecule has 0 aromatic carbocycles. The van der Waals surface area contributed by atoms with Crippen LogP contribution < -0.4 is 0 Å². The van der Waals surface area contributed by atoms with Crippen molar-refractivity contribution < 1.29 is 9.53 Å². The topological polar surface area (TPSA) is 26.3 Å². The molecule has 0 aliphatic heterocycles. The fourth-order valence-electron chi connectivity index (χ4n) is 1.10. The van der Waals surface area contributed by atoms with E-state index in [4.69, 9.17) is 4.74 Å². The third-order valence-corrected chi connectivity index (χ3v) is 1.65. The van der Waals surface area contributed by atoms with Crippen LogP contribution in [0.2, 0.25) is 0 Å². The van der Waals surface area contributed by atoms with Crippen LogP contribution in [-0.4, -0.2) is 12.9 Å². The van der Waals surface area contributed by atoms with Crippen LogP contribution in [0, 0.1) is 0 Å². The van der Waals surface area contributed by atoms with Crippen LogP contribution in [0.25, 0.3) is 0 Å². The summed E-state index contributed by atoms with van der Waals surface area (Å²) in [5.74, 6) is 0.229. The minimum Gasteiger partial charge on any atom is -0.504 e. The second kappa shape index (κ2) is 3.96. The highest BCUT2D eigenvalue weighted by molar-refractivity contribution is 5.91. The first kappa shape index (κ1) is 8.05. The van der Waals surface area contributed by atoms with Crippen molar-refractivity contribution >= 4 is 5.78 Å². The molecule has 0 bridgehead atoms. The van der Waals surface area contributed by atoms with Gasteiger partial charge in [-0.1, -0.05) is 0 Å². The van der Waals surface area contributed by atoms with Crippen molar-refractivity contribution in [2.75, 3.05) is 7.11 Å². The van der Waals surface area contributed by atoms with Crippen molar-refractivity contribution in [3.05, 3.63) is 24.0 Å². The molecule has 0 spiro atoms. The molecule has 2 nitrogen and oxygen atoms in total. The van der Waals surface area contributed by atoms with Gasteiger partial charge in [0.25, 0.3) is 0 Å². The van der Waals surface area contributed by atoms with Crippen LogP contribution in [0.4, 0.5) is 0 Å². The number of ether oxygens (including phenoxy) is 1. The van der Waals surface area contributed by atoms with Gasteiger partial charge < -0.3 is 4.74 Å². The van der Waals surface area contributed by atoms with E-state index in [9.17, 15) is 4.79 Å². The summed E-state index contributed by atoms with van der Waals surface area (Å²) in [6.45, 7) is 0. The summed E-state index contributed by atoms with van der Waals surface area (Å²) in [4.78, 5) is 10.9. The number of allylic oxidation sites excluding steroid dienone is 3. The summed E-state index contributed by atoms with van der Waals surface area (Å²) in [5.41, 5.74) is 1.07. The molecule has 0 atom stereocenters. The maximum Gasteiger partial charge on any atom is 0.155 e. The molecule has 0 saturated heterocycles. The van der Waals surface area contributed by atoms with E-state index < -0.39 is 0 Å². The van der Waals surface area contributed by atoms with Crippen molar-refractivity contribution in [2.45, 2.75) is 19.3 Å². The Morgan fingerprint density at radius 1 is 1.55 bits per heavy atom. The fourth-order valence-corrected chi connectivity index (χ4v) is 1.10. The quantitative estimate of drug-likeness (QED) is 0.564. The van der Waals surface area contributed by atoms with E-state index in [1.54, 1.807) is 19.4 Å². The molecule has 2 heteroatoms. The van der Waals surface area contributed by atoms with Gasteiger partial charge in [-0.3, -0.25) is 4.79 Å². The van der Waals surface area contributed by atoms with Gasteiger partial charge in [-0.15, -0.1) is 0 Å². The maximum absolute atomic E-state index is 10.9. The van der Waals surface area contributed by atoms with Gasteiger partial charge in [0.1, 0.15) is 0 Å². The molecule has 0 aromatic rings. The Morgan fingerprint density at radius 2 is 2.36 bits per heavy atom. The Labute approximate surface area is 66.5 Å². The Hall–Kier alpha value is -1.05. The van der Waals surface area contributed by atoms with Gasteiger partial charge in [-0.05, 0) is 30.6 Å². The van der Waals surface area contributed by atoms with Crippen molar-refractivity contribution in [1.29, 1.82) is 0 Å². The standard InChI is InChI=1S/C9H12O2/c1-11-6-5-8-3-2-4-9(10)7-8/h5-7H,2-4H2,1H3/b6-5+. The summed E-state index contributed by atoms with van der Waals surface area (Å²) in [5, 5.41) is 0. The van der Waals surface area contributed by atoms with E-state index in [-0.39, 0.29) is 5.78 Å². The highest BCUT2D eigenvalue weighted by Crippen LogP contribution is 2.15. The van der Waals surface area contributed by atoms with E-state index in [2.05, 4.69) is 0 Å². The molecule has 60 valence electrons. The molecule has 0 aromatic heterocycles. The van der Waals surface area contributed by atoms with Crippen molar-refractivity contribution in [2.24, 2.45) is 0 Å². The molecule has 0 radical (unpaired) electrons. The van der Waals surface area contributed by atoms with Crippen LogP contribution in [0.5, 0.6) is 0 Å². The first-order valence-corrected chi connectivity index (χ1v) is 3.75. The third-order valence-electron chi connectivity index (χ3n) is 1.65. The normalized spacial score (nSPS) is 18.6. The van der Waals surface area contributed by atoms with Gasteiger partial charge in [0.05, 0.1) is 13.4 Å². The smallest absolute Gasteiger partial charge is 0.155 e. The van der Waals surface area contributed by atoms with Gasteiger partial charge in [0.2, 0.25) is 0 Å². The molecule has 1 aliphatic rings. The van der Waals surface area contributed by atoms with Crippen molar-refractivity contribution in [3.63, 3.8) is 0 Å². The fraction of sp³-hybridized carbons (Fsp3) is 0.444. The van der Waals surface area contributed by atoms with Gasteiger partial charge in [0, 0.05) is 6.42 Å². The lowest BCUT2D eigenvalue weighted by Crippen LogP contribution is -2.00. The molecule has 0 heterocycles. The molecule has 0 amide bonds. The number of hydrogen-bond donors (Lipinski definition) is 0. The third kappa shape index (κ3) is 2.58. The second-order valence-electron chi connectivity index (χ2n) is 2.58. The van der Waals surface area contributed by atoms with Gasteiger partial charge >= 0.3 is 0 Å². The van der Waals surface area contributed by atoms with E-state index in [0.29, 0.717) is 6.42 Å². The van der Waals surface area contributed by atoms with Crippen LogP contribution in [-0.2, 0) is 9.53 Å². The summed E-state index contributed by atoms with van der Waals surface area (Å²) in [6, 6.07) is 0. The summed E-state index contributed by atoms with van der Waals surface area (Å²) < 4.78 is 4.75. The zero-order chi connectivity index (χ0) is 8.10. The van der Waals surface area contributed by atoms with Gasteiger partial charge in [0.15, 0.2) is 5.78 Å². The zero-order valence-corrected chi connectivity index (χ0v) is 6.67. The average molecular weight is 152 g/mol. The van der Waals surface area contributed by atoms with Crippen LogP contribution in [0.1, 0.15) is 19.3 Å². The minimum absolute atomic E-state index is 0.229. The number of hydrogen-bond acceptors (Lipinski definition) is 2. The van der Waals surface area contributed by atoms with E-state index in [1.807, 2.05) is 6.08 Å². The van der Waals surface area contributed by atoms with E-state index in [1.165, 1.54) is 0 Å². The lowest BCUT2D eigenvalue weighted by atomic mass is 9.99. The van der Waals surface area contributed by atoms with Gasteiger partial charge in [-0.25, -0.2) is 0 Å². The molecule has 11 heavy (non-hydrogen) atoms. The Morgan fingerprint density at radius 3 is 3.00 bits per heavy atom. The predicted molar refractivity (Wildman–Crippen MR) is 43.1 cm³/mol. The second-order valence-corrected chi connectivity index (χ2v) is 2.58. The summed E-state index contributed by atoms with van der Waals surface area (Å²) >= 11 is 0. The summed E-state index contributed by atoms with van der Waals surface area (Å²) in [7, 11) is 1.60. The average Bonchev–Trinajstić information content (AvgIpc) is 2.01. The maximum atomic E-state index is 10.9. The Kier molecular flexibility index (Phi) is 2.90. The SMILES string of the molecule is CO/C=C/C1=CC(=O)CCC1. The number of methoxy groups -OCH3 is 1. The van der Waals surface area contributed by atoms with E-state index >= 15 is 0 Å².